The van der Waals surface area contributed by atoms with Crippen LogP contribution < -0.4 is 48.1 Å². The van der Waals surface area contributed by atoms with Crippen molar-refractivity contribution in [2.24, 2.45) is 23.5 Å². The minimum atomic E-state index is -1.55. The maximum Gasteiger partial charge on any atom is 0.326 e. The van der Waals surface area contributed by atoms with Gasteiger partial charge in [-0.25, -0.2) is 14.4 Å². The molecule has 0 aromatic heterocycles. The van der Waals surface area contributed by atoms with Crippen LogP contribution in [0.3, 0.4) is 0 Å². The van der Waals surface area contributed by atoms with Crippen LogP contribution >= 0.6 is 0 Å². The van der Waals surface area contributed by atoms with Gasteiger partial charge in [-0.15, -0.1) is 0 Å². The van der Waals surface area contributed by atoms with E-state index in [1.54, 1.807) is 6.92 Å². The number of nitrogens with two attached hydrogens (primary N) is 1. The number of carboxylic acid groups (broad SMARTS) is 4. The van der Waals surface area contributed by atoms with E-state index >= 15 is 0 Å². The Hall–Kier alpha value is -7.13. The highest BCUT2D eigenvalue weighted by atomic mass is 16.4. The molecule has 0 aliphatic heterocycles. The van der Waals surface area contributed by atoms with E-state index in [1.807, 2.05) is 66.7 Å². The Labute approximate surface area is 438 Å². The van der Waals surface area contributed by atoms with Gasteiger partial charge in [-0.05, 0) is 123 Å². The van der Waals surface area contributed by atoms with Crippen molar-refractivity contribution in [2.45, 2.75) is 147 Å². The number of carbonyl (C=O) groups is 9. The topological polar surface area (TPSA) is 348 Å². The molecule has 0 radical (unpaired) electrons. The summed E-state index contributed by atoms with van der Waals surface area (Å²) in [6.45, 7) is 6.60. The second-order valence-corrected chi connectivity index (χ2v) is 19.9. The lowest BCUT2D eigenvalue weighted by molar-refractivity contribution is -0.309. The summed E-state index contributed by atoms with van der Waals surface area (Å²) in [5.74, 6) is -7.59. The van der Waals surface area contributed by atoms with E-state index in [4.69, 9.17) is 6.52 Å². The Morgan fingerprint density at radius 2 is 1.28 bits per heavy atom. The number of amides is 6. The lowest BCUT2D eigenvalue weighted by Crippen LogP contribution is -2.57. The van der Waals surface area contributed by atoms with Crippen LogP contribution in [0.15, 0.2) is 66.7 Å². The number of benzene rings is 3. The van der Waals surface area contributed by atoms with E-state index in [0.717, 1.165) is 33.9 Å². The molecule has 1 aliphatic carbocycles. The minimum absolute atomic E-state index is 0.0648. The number of unbranched alkanes of at least 4 members (excludes halogenated alkanes) is 2. The van der Waals surface area contributed by atoms with Gasteiger partial charge in [0.05, 0.1) is 17.9 Å². The van der Waals surface area contributed by atoms with Crippen molar-refractivity contribution < 1.29 is 65.0 Å². The number of nitrogens with one attached hydrogen (secondary N) is 7. The molecule has 0 bridgehead atoms. The number of hydrogen-bond donors (Lipinski definition) is 11. The Morgan fingerprint density at radius 1 is 0.653 bits per heavy atom. The van der Waals surface area contributed by atoms with Crippen LogP contribution in [-0.2, 0) is 51.2 Å². The summed E-state index contributed by atoms with van der Waals surface area (Å²) in [6, 6.07) is 15.4. The zero-order valence-electron chi connectivity index (χ0n) is 44.0. The van der Waals surface area contributed by atoms with Crippen LogP contribution in [0.1, 0.15) is 120 Å². The van der Waals surface area contributed by atoms with Crippen molar-refractivity contribution in [3.63, 3.8) is 0 Å². The molecule has 6 unspecified atom stereocenters. The van der Waals surface area contributed by atoms with Gasteiger partial charge >= 0.3 is 23.9 Å². The monoisotopic (exact) mass is 1040 g/mol. The predicted molar refractivity (Wildman–Crippen MR) is 276 cm³/mol. The second-order valence-electron chi connectivity index (χ2n) is 19.9. The smallest absolute Gasteiger partial charge is 0.326 e. The zero-order chi connectivity index (χ0) is 55.7. The molecule has 6 atom stereocenters. The fourth-order valence-corrected chi connectivity index (χ4v) is 8.92. The van der Waals surface area contributed by atoms with Crippen molar-refractivity contribution in [2.75, 3.05) is 19.6 Å². The summed E-state index contributed by atoms with van der Waals surface area (Å²) in [4.78, 5) is 112. The van der Waals surface area contributed by atoms with Crippen molar-refractivity contribution in [1.82, 2.24) is 37.2 Å². The first-order valence-electron chi connectivity index (χ1n) is 26.3. The maximum atomic E-state index is 13.8. The Balaban J connectivity index is 1.21. The van der Waals surface area contributed by atoms with Gasteiger partial charge in [-0.3, -0.25) is 29.3 Å². The lowest BCUT2D eigenvalue weighted by atomic mass is 9.81. The average molecular weight is 1050 g/mol. The zero-order valence-corrected chi connectivity index (χ0v) is 43.0. The number of fused-ring (bicyclic) bond motifs is 1. The van der Waals surface area contributed by atoms with E-state index in [9.17, 15) is 58.5 Å². The first-order valence-corrected chi connectivity index (χ1v) is 25.8. The molecule has 3 aromatic rings. The van der Waals surface area contributed by atoms with E-state index in [-0.39, 0.29) is 50.1 Å². The summed E-state index contributed by atoms with van der Waals surface area (Å²) >= 11 is 0. The van der Waals surface area contributed by atoms with Gasteiger partial charge in [0.25, 0.3) is 0 Å². The van der Waals surface area contributed by atoms with Crippen LogP contribution in [0.2, 0.25) is 1.41 Å². The van der Waals surface area contributed by atoms with Crippen LogP contribution in [0.5, 0.6) is 0 Å². The Bertz CT molecular complexity index is 2430. The van der Waals surface area contributed by atoms with Crippen molar-refractivity contribution in [3.8, 4) is 0 Å². The van der Waals surface area contributed by atoms with Crippen LogP contribution in [0.4, 0.5) is 4.79 Å². The molecule has 3 aromatic carbocycles. The van der Waals surface area contributed by atoms with Gasteiger partial charge in [-0.1, -0.05) is 87.0 Å². The molecule has 21 nitrogen and oxygen atoms in total. The van der Waals surface area contributed by atoms with Gasteiger partial charge in [0, 0.05) is 31.8 Å². The molecule has 0 heterocycles. The van der Waals surface area contributed by atoms with Crippen molar-refractivity contribution in [1.29, 1.82) is 0 Å². The third-order valence-electron chi connectivity index (χ3n) is 13.4. The van der Waals surface area contributed by atoms with Crippen LogP contribution in [0, 0.1) is 17.8 Å². The summed E-state index contributed by atoms with van der Waals surface area (Å²) in [6.07, 6.45) is 2.70. The minimum Gasteiger partial charge on any atom is -0.546 e. The summed E-state index contributed by atoms with van der Waals surface area (Å²) in [5.41, 5.74) is 5.02. The SMILES string of the molecule is [2H]NC(CCCCNC(NC(=O)C(C)c1ccc(CC(C)C)cc1)C(=O)[O-])C(=O)NCC1CCC(C(=O)NC(Cc2ccc3ccccc3c2)C(=O)NCCCCC(NC(=O)NC(CCC(=O)O)C(=O)O)C(=O)O)CC1. The van der Waals surface area contributed by atoms with E-state index in [1.165, 1.54) is 0 Å². The quantitative estimate of drug-likeness (QED) is 0.0308. The first kappa shape index (κ1) is 58.8. The number of carbonyl (C=O) groups excluding carboxylic acids is 6. The summed E-state index contributed by atoms with van der Waals surface area (Å²) in [7, 11) is 0. The largest absolute Gasteiger partial charge is 0.546 e. The van der Waals surface area contributed by atoms with Crippen LogP contribution in [-0.4, -0.2) is 119 Å². The molecule has 12 N–H and O–H groups in total. The van der Waals surface area contributed by atoms with Gasteiger partial charge in [-0.2, -0.15) is 0 Å². The lowest BCUT2D eigenvalue weighted by Gasteiger charge is -2.29. The normalized spacial score (nSPS) is 16.9. The molecule has 0 spiro atoms. The molecular formula is C54H75N8O13-. The highest BCUT2D eigenvalue weighted by Crippen LogP contribution is 2.29. The standard InChI is InChI=1S/C54H76N8O13/c1-32(2)28-34-14-19-37(20-15-34)33(3)47(65)62-46(53(73)74)56-26-8-6-12-41(55)49(67)58-31-35-16-22-39(23-17-35)48(66)59-44(30-36-18-21-38-10-4-5-11-40(38)29-36)50(68)57-27-9-7-13-42(51(69)70)60-54(75)61-43(52(71)72)24-25-45(63)64/h4-5,10-11,14-15,18-21,29,32-33,35,39,41-44,46,56H,6-9,12-13,16-17,22-28,30-31,55H2,1-3H3,(H,57,68)(H,58,67)(H,59,66)(H,62,65)(H,63,64)(H,69,70)(H,71,72)(H,73,74)(H2,60,61,75)/p-1/i/hD. The molecule has 1 aliphatic rings. The molecule has 0 saturated heterocycles. The third-order valence-corrected chi connectivity index (χ3v) is 13.4. The number of rotatable bonds is 33. The Kier molecular flexibility index (Phi) is 24.2. The highest BCUT2D eigenvalue weighted by molar-refractivity contribution is 5.90. The molecule has 75 heavy (non-hydrogen) atoms. The number of aliphatic carboxylic acids is 4. The highest BCUT2D eigenvalue weighted by Gasteiger charge is 2.31. The molecule has 410 valence electrons. The van der Waals surface area contributed by atoms with Crippen LogP contribution in [0.25, 0.3) is 10.8 Å². The van der Waals surface area contributed by atoms with Crippen molar-refractivity contribution >= 4 is 64.3 Å². The fourth-order valence-electron chi connectivity index (χ4n) is 8.92. The molecule has 6 amide bonds. The van der Waals surface area contributed by atoms with Gasteiger partial charge in [0.1, 0.15) is 25.7 Å². The van der Waals surface area contributed by atoms with Gasteiger partial charge in [0.15, 0.2) is 0 Å². The maximum absolute atomic E-state index is 13.8. The average Bonchev–Trinajstić information content (AvgIpc) is 3.38. The number of urea groups is 1. The fraction of sp³-hybridized carbons (Fsp3) is 0.537. The molecule has 1 fully saturated rings. The second kappa shape index (κ2) is 30.9. The van der Waals surface area contributed by atoms with E-state index < -0.39 is 96.7 Å². The molecule has 21 heteroatoms. The molecule has 4 rings (SSSR count). The van der Waals surface area contributed by atoms with E-state index in [2.05, 4.69) is 56.8 Å². The summed E-state index contributed by atoms with van der Waals surface area (Å²) in [5, 5.41) is 60.0. The summed E-state index contributed by atoms with van der Waals surface area (Å²) < 4.78 is 7.77. The van der Waals surface area contributed by atoms with Gasteiger partial charge in [0.2, 0.25) is 23.6 Å². The third kappa shape index (κ3) is 21.3. The number of carboxylic acids is 4. The van der Waals surface area contributed by atoms with E-state index in [0.29, 0.717) is 63.8 Å². The van der Waals surface area contributed by atoms with Gasteiger partial charge < -0.3 is 62.8 Å². The first-order chi connectivity index (χ1) is 36.2. The predicted octanol–water partition coefficient (Wildman–Crippen LogP) is 2.43. The molecular weight excluding hydrogens is 969 g/mol. The number of hydrogen-bond acceptors (Lipinski definition) is 12. The molecule has 1 saturated carbocycles. The Morgan fingerprint density at radius 3 is 1.91 bits per heavy atom. The van der Waals surface area contributed by atoms with Crippen molar-refractivity contribution in [3.05, 3.63) is 83.4 Å².